The summed E-state index contributed by atoms with van der Waals surface area (Å²) < 4.78 is 5.50. The van der Waals surface area contributed by atoms with E-state index in [9.17, 15) is 4.79 Å². The number of amides is 1. The Bertz CT molecular complexity index is 761. The van der Waals surface area contributed by atoms with Crippen LogP contribution in [0, 0.1) is 5.92 Å². The zero-order valence-electron chi connectivity index (χ0n) is 16.8. The van der Waals surface area contributed by atoms with E-state index in [4.69, 9.17) is 15.8 Å². The fraction of sp³-hybridized carbons (Fsp3) is 0.409. The normalized spacial score (nSPS) is 14.6. The predicted octanol–water partition coefficient (Wildman–Crippen LogP) is 5.93. The third-order valence-electron chi connectivity index (χ3n) is 4.94. The summed E-state index contributed by atoms with van der Waals surface area (Å²) in [4.78, 5) is 16.4. The molecule has 29 heavy (non-hydrogen) atoms. The summed E-state index contributed by atoms with van der Waals surface area (Å²) in [5, 5.41) is 0.625. The van der Waals surface area contributed by atoms with E-state index >= 15 is 0 Å². The van der Waals surface area contributed by atoms with Gasteiger partial charge in [-0.05, 0) is 74.7 Å². The van der Waals surface area contributed by atoms with Crippen molar-refractivity contribution in [1.29, 1.82) is 0 Å². The minimum atomic E-state index is -0.0264. The Balaban J connectivity index is 0.00000300. The lowest BCUT2D eigenvalue weighted by Crippen LogP contribution is -2.37. The molecule has 2 aromatic carbocycles. The van der Waals surface area contributed by atoms with Crippen molar-refractivity contribution in [2.45, 2.75) is 25.8 Å². The lowest BCUT2D eigenvalue weighted by atomic mass is 9.90. The van der Waals surface area contributed by atoms with Crippen LogP contribution in [0.25, 0.3) is 0 Å². The fourth-order valence-electron chi connectivity index (χ4n) is 3.43. The Morgan fingerprint density at radius 3 is 2.24 bits per heavy atom. The van der Waals surface area contributed by atoms with Gasteiger partial charge in [-0.3, -0.25) is 4.79 Å². The molecule has 1 aliphatic rings. The van der Waals surface area contributed by atoms with Gasteiger partial charge in [-0.25, -0.2) is 0 Å². The van der Waals surface area contributed by atoms with Crippen molar-refractivity contribution >= 4 is 41.3 Å². The van der Waals surface area contributed by atoms with Crippen molar-refractivity contribution in [3.8, 4) is 5.75 Å². The first-order valence-electron chi connectivity index (χ1n) is 9.61. The van der Waals surface area contributed by atoms with Crippen molar-refractivity contribution in [3.05, 3.63) is 64.7 Å². The maximum Gasteiger partial charge on any atom is 0.320 e. The van der Waals surface area contributed by atoms with E-state index in [-0.39, 0.29) is 17.6 Å². The molecule has 158 valence electrons. The summed E-state index contributed by atoms with van der Waals surface area (Å²) in [5.41, 5.74) is 2.72. The summed E-state index contributed by atoms with van der Waals surface area (Å²) >= 11 is 6.75. The van der Waals surface area contributed by atoms with Gasteiger partial charge in [0.25, 0.3) is 0 Å². The lowest BCUT2D eigenvalue weighted by Gasteiger charge is -2.31. The highest BCUT2D eigenvalue weighted by atomic mass is 35.5. The average Bonchev–Trinajstić information content (AvgIpc) is 2.69. The standard InChI is InChI=1S/C22H27ClN2O2S.ClH/c1-24(2)16-19-5-3-17(4-6-19)15-18-11-13-25(14-12-18)22(26)28-27-21-9-7-20(23)8-10-21;/h3-10,18H,11-16H2,1-2H3;1H. The molecule has 0 aromatic heterocycles. The quantitative estimate of drug-likeness (QED) is 0.506. The largest absolute Gasteiger partial charge is 0.416 e. The number of hydrogen-bond acceptors (Lipinski definition) is 4. The molecular formula is C22H28Cl2N2O2S. The van der Waals surface area contributed by atoms with Gasteiger partial charge in [0.2, 0.25) is 0 Å². The molecular weight excluding hydrogens is 427 g/mol. The first-order valence-corrected chi connectivity index (χ1v) is 10.7. The summed E-state index contributed by atoms with van der Waals surface area (Å²) in [7, 11) is 4.17. The number of carbonyl (C=O) groups excluding carboxylic acids is 1. The minimum Gasteiger partial charge on any atom is -0.416 e. The van der Waals surface area contributed by atoms with Gasteiger partial charge in [-0.1, -0.05) is 35.9 Å². The van der Waals surface area contributed by atoms with Crippen LogP contribution in [0.5, 0.6) is 5.75 Å². The van der Waals surface area contributed by atoms with Gasteiger partial charge in [0.15, 0.2) is 12.0 Å². The van der Waals surface area contributed by atoms with E-state index in [1.165, 1.54) is 11.1 Å². The molecule has 1 aliphatic heterocycles. The van der Waals surface area contributed by atoms with E-state index in [1.807, 2.05) is 4.90 Å². The molecule has 1 fully saturated rings. The van der Waals surface area contributed by atoms with Crippen LogP contribution in [0.1, 0.15) is 24.0 Å². The second kappa shape index (κ2) is 11.7. The third-order valence-corrected chi connectivity index (χ3v) is 5.87. The Kier molecular flexibility index (Phi) is 9.63. The Hall–Kier alpha value is -1.40. The highest BCUT2D eigenvalue weighted by Gasteiger charge is 2.24. The van der Waals surface area contributed by atoms with Crippen molar-refractivity contribution < 1.29 is 8.98 Å². The number of halogens is 2. The molecule has 0 radical (unpaired) electrons. The molecule has 0 bridgehead atoms. The second-order valence-electron chi connectivity index (χ2n) is 7.58. The van der Waals surface area contributed by atoms with Crippen LogP contribution >= 0.6 is 36.1 Å². The number of benzene rings is 2. The molecule has 1 heterocycles. The van der Waals surface area contributed by atoms with E-state index in [0.717, 1.165) is 50.9 Å². The van der Waals surface area contributed by atoms with Crippen LogP contribution in [0.3, 0.4) is 0 Å². The molecule has 0 unspecified atom stereocenters. The Morgan fingerprint density at radius 1 is 1.07 bits per heavy atom. The summed E-state index contributed by atoms with van der Waals surface area (Å²) in [5.74, 6) is 1.27. The fourth-order valence-corrected chi connectivity index (χ4v) is 4.12. The molecule has 0 N–H and O–H groups in total. The van der Waals surface area contributed by atoms with Gasteiger partial charge < -0.3 is 14.0 Å². The molecule has 0 saturated carbocycles. The molecule has 0 atom stereocenters. The number of piperidine rings is 1. The van der Waals surface area contributed by atoms with Gasteiger partial charge >= 0.3 is 5.24 Å². The van der Waals surface area contributed by atoms with Crippen molar-refractivity contribution in [2.75, 3.05) is 27.2 Å². The number of nitrogens with zero attached hydrogens (tertiary/aromatic N) is 2. The summed E-state index contributed by atoms with van der Waals surface area (Å²) in [6.07, 6.45) is 3.15. The topological polar surface area (TPSA) is 32.8 Å². The molecule has 3 rings (SSSR count). The third kappa shape index (κ3) is 7.74. The van der Waals surface area contributed by atoms with Gasteiger partial charge in [0.05, 0.1) is 0 Å². The first kappa shape index (κ1) is 23.9. The van der Waals surface area contributed by atoms with Crippen molar-refractivity contribution in [2.24, 2.45) is 5.92 Å². The van der Waals surface area contributed by atoms with E-state index in [2.05, 4.69) is 43.3 Å². The minimum absolute atomic E-state index is 0. The molecule has 0 aliphatic carbocycles. The van der Waals surface area contributed by atoms with Crippen LogP contribution in [-0.4, -0.2) is 42.2 Å². The van der Waals surface area contributed by atoms with Crippen molar-refractivity contribution in [1.82, 2.24) is 9.80 Å². The molecule has 2 aromatic rings. The van der Waals surface area contributed by atoms with E-state index < -0.39 is 0 Å². The average molecular weight is 455 g/mol. The highest BCUT2D eigenvalue weighted by molar-refractivity contribution is 8.09. The van der Waals surface area contributed by atoms with Gasteiger partial charge in [0.1, 0.15) is 5.75 Å². The molecule has 7 heteroatoms. The summed E-state index contributed by atoms with van der Waals surface area (Å²) in [6, 6.07) is 16.0. The van der Waals surface area contributed by atoms with E-state index in [0.29, 0.717) is 16.7 Å². The SMILES string of the molecule is CN(C)Cc1ccc(CC2CCN(C(=O)SOc3ccc(Cl)cc3)CC2)cc1.Cl. The van der Waals surface area contributed by atoms with Crippen LogP contribution in [0.15, 0.2) is 48.5 Å². The maximum absolute atomic E-state index is 12.4. The molecule has 0 spiro atoms. The molecule has 1 saturated heterocycles. The first-order chi connectivity index (χ1) is 13.5. The predicted molar refractivity (Wildman–Crippen MR) is 124 cm³/mol. The molecule has 1 amide bonds. The Morgan fingerprint density at radius 2 is 1.66 bits per heavy atom. The zero-order valence-corrected chi connectivity index (χ0v) is 19.2. The number of carbonyl (C=O) groups is 1. The van der Waals surface area contributed by atoms with Crippen LogP contribution in [0.2, 0.25) is 5.02 Å². The Labute approximate surface area is 189 Å². The highest BCUT2D eigenvalue weighted by Crippen LogP contribution is 2.26. The summed E-state index contributed by atoms with van der Waals surface area (Å²) in [6.45, 7) is 2.55. The van der Waals surface area contributed by atoms with Crippen LogP contribution < -0.4 is 4.18 Å². The molecule has 4 nitrogen and oxygen atoms in total. The van der Waals surface area contributed by atoms with Crippen molar-refractivity contribution in [3.63, 3.8) is 0 Å². The second-order valence-corrected chi connectivity index (χ2v) is 8.69. The number of likely N-dealkylation sites (tertiary alicyclic amines) is 1. The zero-order chi connectivity index (χ0) is 19.9. The van der Waals surface area contributed by atoms with Gasteiger partial charge in [-0.15, -0.1) is 12.4 Å². The van der Waals surface area contributed by atoms with Gasteiger partial charge in [0, 0.05) is 24.7 Å². The van der Waals surface area contributed by atoms with E-state index in [1.54, 1.807) is 24.3 Å². The smallest absolute Gasteiger partial charge is 0.320 e. The number of rotatable bonds is 6. The number of hydrogen-bond donors (Lipinski definition) is 0. The van der Waals surface area contributed by atoms with Crippen LogP contribution in [0.4, 0.5) is 4.79 Å². The van der Waals surface area contributed by atoms with Gasteiger partial charge in [-0.2, -0.15) is 0 Å². The van der Waals surface area contributed by atoms with Crippen LogP contribution in [-0.2, 0) is 13.0 Å². The maximum atomic E-state index is 12.4. The monoisotopic (exact) mass is 454 g/mol. The lowest BCUT2D eigenvalue weighted by molar-refractivity contribution is 0.191.